The summed E-state index contributed by atoms with van der Waals surface area (Å²) in [4.78, 5) is 39.6. The molecule has 2 aliphatic rings. The molecule has 0 unspecified atom stereocenters. The number of amides is 2. The molecule has 0 bridgehead atoms. The average Bonchev–Trinajstić information content (AvgIpc) is 3.37. The van der Waals surface area contributed by atoms with E-state index in [1.165, 1.54) is 0 Å². The van der Waals surface area contributed by atoms with Gasteiger partial charge in [0, 0.05) is 30.3 Å². The molecule has 2 amide bonds. The number of likely N-dealkylation sites (tertiary alicyclic amines) is 1. The Labute approximate surface area is 190 Å². The number of benzene rings is 1. The van der Waals surface area contributed by atoms with Gasteiger partial charge in [0.1, 0.15) is 16.5 Å². The van der Waals surface area contributed by atoms with E-state index in [9.17, 15) is 9.59 Å². The van der Waals surface area contributed by atoms with Crippen molar-refractivity contribution in [2.45, 2.75) is 45.6 Å². The summed E-state index contributed by atoms with van der Waals surface area (Å²) in [6.07, 6.45) is 2.13. The molecule has 3 aromatic rings. The van der Waals surface area contributed by atoms with Crippen LogP contribution in [0.2, 0.25) is 0 Å². The first-order valence-corrected chi connectivity index (χ1v) is 11.6. The van der Waals surface area contributed by atoms with E-state index in [1.807, 2.05) is 49.1 Å². The van der Waals surface area contributed by atoms with Crippen LogP contribution < -0.4 is 4.90 Å². The van der Waals surface area contributed by atoms with Gasteiger partial charge in [-0.3, -0.25) is 14.5 Å². The second kappa shape index (κ2) is 8.38. The normalized spacial score (nSPS) is 18.2. The molecule has 8 nitrogen and oxygen atoms in total. The van der Waals surface area contributed by atoms with Gasteiger partial charge in [0.05, 0.1) is 18.7 Å². The van der Waals surface area contributed by atoms with Crippen LogP contribution in [0.3, 0.4) is 0 Å². The van der Waals surface area contributed by atoms with Gasteiger partial charge < -0.3 is 4.90 Å². The Morgan fingerprint density at radius 3 is 2.72 bits per heavy atom. The van der Waals surface area contributed by atoms with E-state index >= 15 is 0 Å². The maximum atomic E-state index is 13.0. The van der Waals surface area contributed by atoms with Crippen molar-refractivity contribution < 1.29 is 9.59 Å². The summed E-state index contributed by atoms with van der Waals surface area (Å²) in [6, 6.07) is 9.94. The number of nitrogens with zero attached hydrogens (tertiary/aromatic N) is 6. The second-order valence-corrected chi connectivity index (χ2v) is 9.14. The molecule has 2 aromatic heterocycles. The second-order valence-electron chi connectivity index (χ2n) is 8.39. The molecule has 4 heterocycles. The third-order valence-electron chi connectivity index (χ3n) is 6.20. The lowest BCUT2D eigenvalue weighted by atomic mass is 9.96. The Balaban J connectivity index is 1.41. The van der Waals surface area contributed by atoms with E-state index in [0.29, 0.717) is 48.3 Å². The molecule has 164 valence electrons. The molecule has 9 heteroatoms. The molecule has 32 heavy (non-hydrogen) atoms. The van der Waals surface area contributed by atoms with Crippen LogP contribution in [0.5, 0.6) is 0 Å². The Morgan fingerprint density at radius 1 is 1.16 bits per heavy atom. The topological polar surface area (TPSA) is 92.2 Å². The third-order valence-corrected chi connectivity index (χ3v) is 7.01. The zero-order chi connectivity index (χ0) is 22.2. The van der Waals surface area contributed by atoms with Gasteiger partial charge in [0.15, 0.2) is 0 Å². The highest BCUT2D eigenvalue weighted by Crippen LogP contribution is 2.34. The van der Waals surface area contributed by atoms with Crippen LogP contribution in [-0.2, 0) is 17.8 Å². The van der Waals surface area contributed by atoms with Gasteiger partial charge in [-0.1, -0.05) is 34.8 Å². The van der Waals surface area contributed by atoms with Crippen LogP contribution in [0.4, 0.5) is 5.82 Å². The first-order valence-electron chi connectivity index (χ1n) is 10.8. The molecule has 5 rings (SSSR count). The van der Waals surface area contributed by atoms with E-state index in [0.717, 1.165) is 41.2 Å². The number of fused-ring (bicyclic) bond motifs is 1. The number of carbonyl (C=O) groups excluding carboxylic acids is 2. The summed E-state index contributed by atoms with van der Waals surface area (Å²) in [5, 5.41) is 3.97. The highest BCUT2D eigenvalue weighted by Gasteiger charge is 2.34. The molecule has 1 saturated heterocycles. The molecule has 1 aromatic carbocycles. The summed E-state index contributed by atoms with van der Waals surface area (Å²) < 4.78 is 3.90. The SMILES string of the molecule is Cc1nnsc1C(=O)N1CCC[C@H](c2nc(C)c3c(n2)N(Cc2ccccc2)C(=O)C3)C1. The zero-order valence-corrected chi connectivity index (χ0v) is 18.9. The number of aromatic nitrogens is 4. The van der Waals surface area contributed by atoms with Gasteiger partial charge in [0.2, 0.25) is 5.91 Å². The highest BCUT2D eigenvalue weighted by atomic mass is 32.1. The van der Waals surface area contributed by atoms with E-state index in [1.54, 1.807) is 4.90 Å². The molecule has 0 N–H and O–H groups in total. The predicted molar refractivity (Wildman–Crippen MR) is 121 cm³/mol. The predicted octanol–water partition coefficient (Wildman–Crippen LogP) is 3.05. The van der Waals surface area contributed by atoms with Crippen molar-refractivity contribution in [1.82, 2.24) is 24.5 Å². The van der Waals surface area contributed by atoms with Gasteiger partial charge >= 0.3 is 0 Å². The van der Waals surface area contributed by atoms with Crippen LogP contribution in [0, 0.1) is 13.8 Å². The molecule has 2 aliphatic heterocycles. The van der Waals surface area contributed by atoms with Crippen LogP contribution in [0.1, 0.15) is 56.8 Å². The molecule has 0 spiro atoms. The Bertz CT molecular complexity index is 1180. The minimum atomic E-state index is -0.0269. The van der Waals surface area contributed by atoms with Gasteiger partial charge in [0.25, 0.3) is 5.91 Å². The van der Waals surface area contributed by atoms with E-state index in [2.05, 4.69) is 9.59 Å². The fourth-order valence-corrected chi connectivity index (χ4v) is 5.08. The minimum Gasteiger partial charge on any atom is -0.337 e. The average molecular weight is 449 g/mol. The lowest BCUT2D eigenvalue weighted by molar-refractivity contribution is -0.117. The fraction of sp³-hybridized carbons (Fsp3) is 0.391. The summed E-state index contributed by atoms with van der Waals surface area (Å²) >= 11 is 1.14. The molecule has 1 fully saturated rings. The van der Waals surface area contributed by atoms with Gasteiger partial charge in [-0.05, 0) is 43.8 Å². The Morgan fingerprint density at radius 2 is 1.97 bits per heavy atom. The summed E-state index contributed by atoms with van der Waals surface area (Å²) in [5.74, 6) is 1.48. The van der Waals surface area contributed by atoms with Crippen molar-refractivity contribution in [2.75, 3.05) is 18.0 Å². The van der Waals surface area contributed by atoms with Gasteiger partial charge in [-0.2, -0.15) is 0 Å². The van der Waals surface area contributed by atoms with Crippen molar-refractivity contribution in [3.8, 4) is 0 Å². The number of hydrogen-bond donors (Lipinski definition) is 0. The number of carbonyl (C=O) groups is 2. The van der Waals surface area contributed by atoms with E-state index in [4.69, 9.17) is 9.97 Å². The number of aryl methyl sites for hydroxylation is 2. The van der Waals surface area contributed by atoms with Crippen LogP contribution in [-0.4, -0.2) is 49.4 Å². The Kier molecular flexibility index (Phi) is 5.42. The molecule has 0 saturated carbocycles. The molecular formula is C23H24N6O2S. The van der Waals surface area contributed by atoms with Gasteiger partial charge in [-0.25, -0.2) is 9.97 Å². The Hall–Kier alpha value is -3.20. The van der Waals surface area contributed by atoms with Crippen molar-refractivity contribution in [3.63, 3.8) is 0 Å². The standard InChI is InChI=1S/C23H24N6O2S/c1-14-18-11-19(30)29(12-16-7-4-3-5-8-16)22(18)25-21(24-14)17-9-6-10-28(13-17)23(31)20-15(2)26-27-32-20/h3-5,7-8,17H,6,9-13H2,1-2H3/t17-/m0/s1. The van der Waals surface area contributed by atoms with Crippen LogP contribution in [0.15, 0.2) is 30.3 Å². The van der Waals surface area contributed by atoms with Crippen molar-refractivity contribution >= 4 is 29.2 Å². The summed E-state index contributed by atoms with van der Waals surface area (Å²) in [7, 11) is 0. The lowest BCUT2D eigenvalue weighted by Crippen LogP contribution is -2.39. The van der Waals surface area contributed by atoms with Crippen LogP contribution >= 0.6 is 11.5 Å². The monoisotopic (exact) mass is 448 g/mol. The molecule has 0 radical (unpaired) electrons. The van der Waals surface area contributed by atoms with Crippen molar-refractivity contribution in [3.05, 3.63) is 63.5 Å². The molecular weight excluding hydrogens is 424 g/mol. The van der Waals surface area contributed by atoms with Gasteiger partial charge in [-0.15, -0.1) is 5.10 Å². The number of piperidine rings is 1. The largest absolute Gasteiger partial charge is 0.337 e. The first kappa shape index (κ1) is 20.7. The number of hydrogen-bond acceptors (Lipinski definition) is 7. The molecule has 0 aliphatic carbocycles. The first-order chi connectivity index (χ1) is 15.5. The molecule has 1 atom stereocenters. The number of rotatable bonds is 4. The van der Waals surface area contributed by atoms with E-state index < -0.39 is 0 Å². The van der Waals surface area contributed by atoms with Crippen molar-refractivity contribution in [2.24, 2.45) is 0 Å². The van der Waals surface area contributed by atoms with Crippen molar-refractivity contribution in [1.29, 1.82) is 0 Å². The minimum absolute atomic E-state index is 0.0269. The number of anilines is 1. The maximum absolute atomic E-state index is 13.0. The van der Waals surface area contributed by atoms with Crippen LogP contribution in [0.25, 0.3) is 0 Å². The smallest absolute Gasteiger partial charge is 0.267 e. The maximum Gasteiger partial charge on any atom is 0.267 e. The highest BCUT2D eigenvalue weighted by molar-refractivity contribution is 7.07. The third kappa shape index (κ3) is 3.77. The fourth-order valence-electron chi connectivity index (χ4n) is 4.45. The summed E-state index contributed by atoms with van der Waals surface area (Å²) in [5.41, 5.74) is 3.49. The zero-order valence-electron chi connectivity index (χ0n) is 18.1. The lowest BCUT2D eigenvalue weighted by Gasteiger charge is -2.32. The quantitative estimate of drug-likeness (QED) is 0.609. The van der Waals surface area contributed by atoms with E-state index in [-0.39, 0.29) is 17.7 Å². The summed E-state index contributed by atoms with van der Waals surface area (Å²) in [6.45, 7) is 5.51.